The van der Waals surface area contributed by atoms with Gasteiger partial charge in [-0.25, -0.2) is 0 Å². The molecule has 1 amide bonds. The molecular formula is C20H17Cl3N4OS. The Hall–Kier alpha value is -1.99. The molecule has 0 atom stereocenters. The molecule has 3 rings (SSSR count). The number of amides is 1. The van der Waals surface area contributed by atoms with Crippen molar-refractivity contribution in [2.75, 3.05) is 11.1 Å². The van der Waals surface area contributed by atoms with Gasteiger partial charge in [-0.15, -0.1) is 16.8 Å². The lowest BCUT2D eigenvalue weighted by Gasteiger charge is -2.09. The van der Waals surface area contributed by atoms with Gasteiger partial charge in [0.05, 0.1) is 5.75 Å². The van der Waals surface area contributed by atoms with Crippen LogP contribution in [0.15, 0.2) is 60.3 Å². The van der Waals surface area contributed by atoms with Crippen LogP contribution < -0.4 is 5.32 Å². The van der Waals surface area contributed by atoms with Gasteiger partial charge in [0, 0.05) is 33.7 Å². The molecule has 0 spiro atoms. The highest BCUT2D eigenvalue weighted by Gasteiger charge is 2.14. The molecule has 1 heterocycles. The van der Waals surface area contributed by atoms with Crippen molar-refractivity contribution in [2.24, 2.45) is 0 Å². The zero-order valence-corrected chi connectivity index (χ0v) is 18.3. The van der Waals surface area contributed by atoms with Crippen LogP contribution in [0.1, 0.15) is 11.4 Å². The van der Waals surface area contributed by atoms with E-state index in [1.54, 1.807) is 24.3 Å². The second kappa shape index (κ2) is 10.2. The van der Waals surface area contributed by atoms with Crippen LogP contribution in [0.3, 0.4) is 0 Å². The van der Waals surface area contributed by atoms with Gasteiger partial charge in [0.2, 0.25) is 5.91 Å². The van der Waals surface area contributed by atoms with E-state index in [0.29, 0.717) is 38.9 Å². The molecule has 0 radical (unpaired) electrons. The SMILES string of the molecule is C=CCn1c(Cc2ccc(Cl)cc2)nnc1SCC(=O)Nc1cc(Cl)cc(Cl)c1. The third kappa shape index (κ3) is 6.24. The number of benzene rings is 2. The van der Waals surface area contributed by atoms with Crippen LogP contribution in [0.4, 0.5) is 5.69 Å². The Labute approximate surface area is 188 Å². The number of carbonyl (C=O) groups excluding carboxylic acids is 1. The lowest BCUT2D eigenvalue weighted by atomic mass is 10.1. The summed E-state index contributed by atoms with van der Waals surface area (Å²) in [6, 6.07) is 12.5. The van der Waals surface area contributed by atoms with Crippen LogP contribution in [-0.2, 0) is 17.8 Å². The summed E-state index contributed by atoms with van der Waals surface area (Å²) >= 11 is 19.2. The molecule has 0 fully saturated rings. The highest BCUT2D eigenvalue weighted by atomic mass is 35.5. The first-order valence-electron chi connectivity index (χ1n) is 8.61. The summed E-state index contributed by atoms with van der Waals surface area (Å²) in [4.78, 5) is 12.3. The molecule has 0 saturated heterocycles. The Morgan fingerprint density at radius 1 is 1.07 bits per heavy atom. The Morgan fingerprint density at radius 2 is 1.76 bits per heavy atom. The van der Waals surface area contributed by atoms with Crippen LogP contribution >= 0.6 is 46.6 Å². The molecule has 29 heavy (non-hydrogen) atoms. The van der Waals surface area contributed by atoms with Gasteiger partial charge in [0.1, 0.15) is 5.82 Å². The number of anilines is 1. The molecule has 3 aromatic rings. The van der Waals surface area contributed by atoms with Crippen molar-refractivity contribution in [3.63, 3.8) is 0 Å². The Bertz CT molecular complexity index is 1000. The Kier molecular flexibility index (Phi) is 7.61. The molecule has 0 aliphatic rings. The highest BCUT2D eigenvalue weighted by molar-refractivity contribution is 7.99. The lowest BCUT2D eigenvalue weighted by Crippen LogP contribution is -2.15. The predicted octanol–water partition coefficient (Wildman–Crippen LogP) is 5.75. The van der Waals surface area contributed by atoms with Crippen molar-refractivity contribution in [2.45, 2.75) is 18.1 Å². The topological polar surface area (TPSA) is 59.8 Å². The zero-order chi connectivity index (χ0) is 20.8. The largest absolute Gasteiger partial charge is 0.325 e. The van der Waals surface area contributed by atoms with Gasteiger partial charge in [0.25, 0.3) is 0 Å². The molecule has 5 nitrogen and oxygen atoms in total. The maximum Gasteiger partial charge on any atom is 0.234 e. The second-order valence-electron chi connectivity index (χ2n) is 6.10. The Morgan fingerprint density at radius 3 is 2.41 bits per heavy atom. The Balaban J connectivity index is 1.66. The van der Waals surface area contributed by atoms with Gasteiger partial charge in [-0.1, -0.05) is 64.8 Å². The molecule has 150 valence electrons. The molecule has 1 N–H and O–H groups in total. The van der Waals surface area contributed by atoms with E-state index in [4.69, 9.17) is 34.8 Å². The van der Waals surface area contributed by atoms with Crippen LogP contribution in [-0.4, -0.2) is 26.4 Å². The molecule has 0 aliphatic heterocycles. The van der Waals surface area contributed by atoms with E-state index in [-0.39, 0.29) is 11.7 Å². The fraction of sp³-hybridized carbons (Fsp3) is 0.150. The van der Waals surface area contributed by atoms with Crippen molar-refractivity contribution in [3.8, 4) is 0 Å². The van der Waals surface area contributed by atoms with Gasteiger partial charge >= 0.3 is 0 Å². The van der Waals surface area contributed by atoms with Crippen LogP contribution in [0, 0.1) is 0 Å². The van der Waals surface area contributed by atoms with Crippen molar-refractivity contribution in [1.82, 2.24) is 14.8 Å². The van der Waals surface area contributed by atoms with E-state index >= 15 is 0 Å². The predicted molar refractivity (Wildman–Crippen MR) is 120 cm³/mol. The number of thioether (sulfide) groups is 1. The minimum Gasteiger partial charge on any atom is -0.325 e. The molecule has 0 saturated carbocycles. The van der Waals surface area contributed by atoms with Gasteiger partial charge in [-0.05, 0) is 35.9 Å². The summed E-state index contributed by atoms with van der Waals surface area (Å²) in [7, 11) is 0. The number of nitrogens with one attached hydrogen (secondary N) is 1. The van der Waals surface area contributed by atoms with E-state index in [2.05, 4.69) is 22.1 Å². The molecule has 0 bridgehead atoms. The number of hydrogen-bond donors (Lipinski definition) is 1. The van der Waals surface area contributed by atoms with E-state index in [0.717, 1.165) is 11.4 Å². The summed E-state index contributed by atoms with van der Waals surface area (Å²) < 4.78 is 1.94. The number of carbonyl (C=O) groups is 1. The molecule has 2 aromatic carbocycles. The summed E-state index contributed by atoms with van der Waals surface area (Å²) in [6.45, 7) is 4.34. The number of allylic oxidation sites excluding steroid dienone is 1. The average molecular weight is 468 g/mol. The van der Waals surface area contributed by atoms with Crippen LogP contribution in [0.5, 0.6) is 0 Å². The summed E-state index contributed by atoms with van der Waals surface area (Å²) in [5, 5.41) is 13.5. The molecule has 1 aromatic heterocycles. The molecule has 0 unspecified atom stereocenters. The summed E-state index contributed by atoms with van der Waals surface area (Å²) in [5.74, 6) is 0.762. The minimum absolute atomic E-state index is 0.167. The monoisotopic (exact) mass is 466 g/mol. The van der Waals surface area contributed by atoms with Gasteiger partial charge in [-0.3, -0.25) is 4.79 Å². The van der Waals surface area contributed by atoms with E-state index in [9.17, 15) is 4.79 Å². The lowest BCUT2D eigenvalue weighted by molar-refractivity contribution is -0.113. The summed E-state index contributed by atoms with van der Waals surface area (Å²) in [5.41, 5.74) is 1.61. The number of nitrogens with zero attached hydrogens (tertiary/aromatic N) is 3. The van der Waals surface area contributed by atoms with Crippen molar-refractivity contribution in [1.29, 1.82) is 0 Å². The first kappa shape index (κ1) is 21.7. The number of aromatic nitrogens is 3. The standard InChI is InChI=1S/C20H17Cl3N4OS/c1-2-7-27-18(8-13-3-5-14(21)6-4-13)25-26-20(27)29-12-19(28)24-17-10-15(22)9-16(23)11-17/h2-6,9-11H,1,7-8,12H2,(H,24,28). The van der Waals surface area contributed by atoms with Crippen molar-refractivity contribution >= 4 is 58.2 Å². The minimum atomic E-state index is -0.194. The van der Waals surface area contributed by atoms with Gasteiger partial charge < -0.3 is 9.88 Å². The summed E-state index contributed by atoms with van der Waals surface area (Å²) in [6.07, 6.45) is 2.37. The molecule has 9 heteroatoms. The number of rotatable bonds is 8. The van der Waals surface area contributed by atoms with E-state index in [1.165, 1.54) is 11.8 Å². The first-order valence-corrected chi connectivity index (χ1v) is 10.7. The van der Waals surface area contributed by atoms with Gasteiger partial charge in [-0.2, -0.15) is 0 Å². The molecule has 0 aliphatic carbocycles. The van der Waals surface area contributed by atoms with Crippen molar-refractivity contribution < 1.29 is 4.79 Å². The van der Waals surface area contributed by atoms with E-state index in [1.807, 2.05) is 28.8 Å². The third-order valence-electron chi connectivity index (χ3n) is 3.86. The number of hydrogen-bond acceptors (Lipinski definition) is 4. The maximum absolute atomic E-state index is 12.3. The fourth-order valence-corrected chi connectivity index (χ4v) is 4.03. The van der Waals surface area contributed by atoms with E-state index < -0.39 is 0 Å². The fourth-order valence-electron chi connectivity index (χ4n) is 2.61. The van der Waals surface area contributed by atoms with Crippen molar-refractivity contribution in [3.05, 3.63) is 81.6 Å². The normalized spacial score (nSPS) is 10.7. The zero-order valence-electron chi connectivity index (χ0n) is 15.2. The molecular weight excluding hydrogens is 451 g/mol. The second-order valence-corrected chi connectivity index (χ2v) is 8.35. The highest BCUT2D eigenvalue weighted by Crippen LogP contribution is 2.24. The third-order valence-corrected chi connectivity index (χ3v) is 5.51. The van der Waals surface area contributed by atoms with Crippen LogP contribution in [0.2, 0.25) is 15.1 Å². The first-order chi connectivity index (χ1) is 13.9. The maximum atomic E-state index is 12.3. The van der Waals surface area contributed by atoms with Crippen LogP contribution in [0.25, 0.3) is 0 Å². The quantitative estimate of drug-likeness (QED) is 0.339. The smallest absolute Gasteiger partial charge is 0.234 e. The van der Waals surface area contributed by atoms with Gasteiger partial charge in [0.15, 0.2) is 5.16 Å². The number of halogens is 3. The average Bonchev–Trinajstić information content (AvgIpc) is 3.03.